The van der Waals surface area contributed by atoms with Crippen molar-refractivity contribution < 1.29 is 24.6 Å². The van der Waals surface area contributed by atoms with Crippen molar-refractivity contribution in [1.29, 1.82) is 0 Å². The number of rotatable bonds is 10. The zero-order chi connectivity index (χ0) is 25.9. The number of carboxylic acids is 1. The second kappa shape index (κ2) is 11.7. The third kappa shape index (κ3) is 4.98. The Hall–Kier alpha value is -2.03. The molecule has 5 aliphatic rings. The summed E-state index contributed by atoms with van der Waals surface area (Å²) in [5, 5.41) is 22.4. The predicted octanol–water partition coefficient (Wildman–Crippen LogP) is 5.00. The number of hydrogen-bond donors (Lipinski definition) is 2. The van der Waals surface area contributed by atoms with Gasteiger partial charge in [-0.3, -0.25) is 14.5 Å². The highest BCUT2D eigenvalue weighted by Gasteiger charge is 2.66. The van der Waals surface area contributed by atoms with Gasteiger partial charge in [-0.15, -0.1) is 24.8 Å². The molecule has 40 heavy (non-hydrogen) atoms. The van der Waals surface area contributed by atoms with Gasteiger partial charge in [0.15, 0.2) is 11.5 Å². The van der Waals surface area contributed by atoms with Gasteiger partial charge in [0.25, 0.3) is 0 Å². The molecule has 2 aliphatic heterocycles. The smallest absolute Gasteiger partial charge is 0.320 e. The maximum atomic E-state index is 12.0. The Labute approximate surface area is 248 Å². The van der Waals surface area contributed by atoms with E-state index >= 15 is 0 Å². The van der Waals surface area contributed by atoms with E-state index in [2.05, 4.69) is 23.1 Å². The van der Waals surface area contributed by atoms with Crippen molar-refractivity contribution in [2.24, 2.45) is 11.8 Å². The van der Waals surface area contributed by atoms with E-state index in [1.165, 1.54) is 36.1 Å². The molecule has 7 nitrogen and oxygen atoms in total. The quantitative estimate of drug-likeness (QED) is 0.297. The minimum Gasteiger partial charge on any atom is -0.504 e. The Morgan fingerprint density at radius 3 is 2.65 bits per heavy atom. The molecule has 0 radical (unpaired) electrons. The van der Waals surface area contributed by atoms with Crippen LogP contribution in [0.2, 0.25) is 0 Å². The van der Waals surface area contributed by atoms with E-state index in [0.29, 0.717) is 24.3 Å². The molecule has 218 valence electrons. The molecular weight excluding hydrogens is 551 g/mol. The van der Waals surface area contributed by atoms with Crippen LogP contribution in [-0.2, 0) is 27.9 Å². The van der Waals surface area contributed by atoms with Gasteiger partial charge in [0.05, 0.1) is 12.6 Å². The van der Waals surface area contributed by atoms with E-state index < -0.39 is 5.97 Å². The van der Waals surface area contributed by atoms with Gasteiger partial charge >= 0.3 is 5.97 Å². The monoisotopic (exact) mass is 590 g/mol. The fourth-order valence-corrected chi connectivity index (χ4v) is 8.25. The summed E-state index contributed by atoms with van der Waals surface area (Å²) < 4.78 is 6.71. The summed E-state index contributed by atoms with van der Waals surface area (Å²) in [6.07, 6.45) is 8.05. The van der Waals surface area contributed by atoms with Gasteiger partial charge in [-0.1, -0.05) is 36.4 Å². The standard InChI is InChI=1S/C31H38N2O5.2ClH/c34-26-13-10-22-17-25-23-11-12-24(33(19-27(35)36)37-16-4-7-20-5-2-1-3-6-20)30-31(23,28(22)29(26)38-30)14-15-32(25)18-21-8-9-21;;/h1-3,5-6,10,13,21,23-25,30,34H,4,7-9,11-12,14-19H2,(H,35,36);2*1H/t23-,24+,25+,30-,31-;;/m0../s1. The van der Waals surface area contributed by atoms with Crippen LogP contribution in [-0.4, -0.2) is 70.6 Å². The number of aromatic hydroxyl groups is 1. The van der Waals surface area contributed by atoms with E-state index in [4.69, 9.17) is 9.57 Å². The van der Waals surface area contributed by atoms with Crippen LogP contribution < -0.4 is 4.74 Å². The second-order valence-electron chi connectivity index (χ2n) is 12.1. The molecule has 0 aromatic heterocycles. The fourth-order valence-electron chi connectivity index (χ4n) is 8.25. The van der Waals surface area contributed by atoms with Crippen LogP contribution in [0.3, 0.4) is 0 Å². The summed E-state index contributed by atoms with van der Waals surface area (Å²) in [5.41, 5.74) is 3.57. The molecule has 2 heterocycles. The number of likely N-dealkylation sites (tertiary alicyclic amines) is 1. The number of benzene rings is 2. The number of carboxylic acid groups (broad SMARTS) is 1. The van der Waals surface area contributed by atoms with Crippen molar-refractivity contribution >= 4 is 30.8 Å². The van der Waals surface area contributed by atoms with E-state index in [0.717, 1.165) is 51.0 Å². The lowest BCUT2D eigenvalue weighted by atomic mass is 9.51. The number of aryl methyl sites for hydroxylation is 1. The molecule has 1 spiro atoms. The van der Waals surface area contributed by atoms with Crippen molar-refractivity contribution in [2.75, 3.05) is 26.2 Å². The summed E-state index contributed by atoms with van der Waals surface area (Å²) in [6, 6.07) is 14.5. The molecule has 7 rings (SSSR count). The van der Waals surface area contributed by atoms with E-state index in [1.54, 1.807) is 11.1 Å². The minimum absolute atomic E-state index is 0. The van der Waals surface area contributed by atoms with Crippen molar-refractivity contribution in [2.45, 2.75) is 75.0 Å². The number of carbonyl (C=O) groups is 1. The van der Waals surface area contributed by atoms with E-state index in [9.17, 15) is 15.0 Å². The molecular formula is C31H40Cl2N2O5. The van der Waals surface area contributed by atoms with Crippen molar-refractivity contribution in [3.8, 4) is 11.5 Å². The maximum absolute atomic E-state index is 12.0. The third-order valence-electron chi connectivity index (χ3n) is 9.96. The average molecular weight is 592 g/mol. The van der Waals surface area contributed by atoms with Crippen molar-refractivity contribution in [3.63, 3.8) is 0 Å². The number of piperidine rings is 1. The fraction of sp³-hybridized carbons (Fsp3) is 0.581. The topological polar surface area (TPSA) is 82.5 Å². The summed E-state index contributed by atoms with van der Waals surface area (Å²) in [4.78, 5) is 21.0. The molecule has 2 aromatic carbocycles. The Morgan fingerprint density at radius 1 is 1.10 bits per heavy atom. The highest BCUT2D eigenvalue weighted by Crippen LogP contribution is 2.64. The Balaban J connectivity index is 0.00000161. The van der Waals surface area contributed by atoms with Crippen LogP contribution in [0.5, 0.6) is 11.5 Å². The second-order valence-corrected chi connectivity index (χ2v) is 12.1. The lowest BCUT2D eigenvalue weighted by molar-refractivity contribution is -0.227. The zero-order valence-electron chi connectivity index (χ0n) is 22.7. The summed E-state index contributed by atoms with van der Waals surface area (Å²) >= 11 is 0. The normalized spacial score (nSPS) is 29.6. The number of ether oxygens (including phenoxy) is 1. The predicted molar refractivity (Wildman–Crippen MR) is 157 cm³/mol. The molecule has 3 aliphatic carbocycles. The first kappa shape index (κ1) is 29.5. The SMILES string of the molecule is Cl.Cl.O=C(O)CN(OCCCc1ccccc1)[C@@H]1CC[C@H]2[C@H]3Cc4ccc(O)c5c4[C@@]2(CCN3CC2CC2)[C@H]1O5. The number of aliphatic carboxylic acids is 1. The van der Waals surface area contributed by atoms with Crippen molar-refractivity contribution in [1.82, 2.24) is 9.96 Å². The van der Waals surface area contributed by atoms with Crippen LogP contribution in [0.1, 0.15) is 55.2 Å². The molecule has 0 amide bonds. The highest BCUT2D eigenvalue weighted by atomic mass is 35.5. The zero-order valence-corrected chi connectivity index (χ0v) is 24.4. The summed E-state index contributed by atoms with van der Waals surface area (Å²) in [7, 11) is 0. The van der Waals surface area contributed by atoms with Gasteiger partial charge in [0.2, 0.25) is 0 Å². The molecule has 2 bridgehead atoms. The van der Waals surface area contributed by atoms with Crippen LogP contribution in [0, 0.1) is 11.8 Å². The molecule has 9 heteroatoms. The lowest BCUT2D eigenvalue weighted by Gasteiger charge is -2.60. The van der Waals surface area contributed by atoms with Crippen LogP contribution in [0.25, 0.3) is 0 Å². The Morgan fingerprint density at radius 2 is 1.90 bits per heavy atom. The third-order valence-corrected chi connectivity index (χ3v) is 9.96. The first-order chi connectivity index (χ1) is 18.5. The van der Waals surface area contributed by atoms with Crippen LogP contribution in [0.15, 0.2) is 42.5 Å². The van der Waals surface area contributed by atoms with Gasteiger partial charge in [-0.2, -0.15) is 5.06 Å². The summed E-state index contributed by atoms with van der Waals surface area (Å²) in [6.45, 7) is 2.52. The van der Waals surface area contributed by atoms with Gasteiger partial charge in [-0.05, 0) is 86.9 Å². The first-order valence-corrected chi connectivity index (χ1v) is 14.5. The molecule has 2 saturated carbocycles. The van der Waals surface area contributed by atoms with Gasteiger partial charge in [0, 0.05) is 23.6 Å². The largest absolute Gasteiger partial charge is 0.504 e. The van der Waals surface area contributed by atoms with Gasteiger partial charge < -0.3 is 14.9 Å². The summed E-state index contributed by atoms with van der Waals surface area (Å²) in [5.74, 6) is 1.25. The molecule has 2 N–H and O–H groups in total. The molecule has 3 fully saturated rings. The molecule has 5 atom stereocenters. The number of halogens is 2. The number of hydrogen-bond acceptors (Lipinski definition) is 6. The van der Waals surface area contributed by atoms with Crippen LogP contribution >= 0.6 is 24.8 Å². The average Bonchev–Trinajstić information content (AvgIpc) is 3.66. The van der Waals surface area contributed by atoms with E-state index in [1.807, 2.05) is 18.2 Å². The maximum Gasteiger partial charge on any atom is 0.320 e. The Bertz CT molecular complexity index is 1210. The molecule has 2 aromatic rings. The van der Waals surface area contributed by atoms with Crippen LogP contribution in [0.4, 0.5) is 0 Å². The minimum atomic E-state index is -0.896. The number of phenolic OH excluding ortho intramolecular Hbond substituents is 1. The molecule has 1 saturated heterocycles. The lowest BCUT2D eigenvalue weighted by Crippen LogP contribution is -2.69. The highest BCUT2D eigenvalue weighted by molar-refractivity contribution is 5.85. The Kier molecular flexibility index (Phi) is 8.61. The number of nitrogens with zero attached hydrogens (tertiary/aromatic N) is 2. The van der Waals surface area contributed by atoms with Crippen molar-refractivity contribution in [3.05, 3.63) is 59.2 Å². The molecule has 0 unspecified atom stereocenters. The van der Waals surface area contributed by atoms with Gasteiger partial charge in [0.1, 0.15) is 12.6 Å². The number of phenols is 1. The number of hydroxylamine groups is 2. The first-order valence-electron chi connectivity index (χ1n) is 14.5. The van der Waals surface area contributed by atoms with Gasteiger partial charge in [-0.25, -0.2) is 0 Å². The van der Waals surface area contributed by atoms with E-state index in [-0.39, 0.29) is 54.7 Å².